The molecule has 0 radical (unpaired) electrons. The Morgan fingerprint density at radius 2 is 1.83 bits per heavy atom. The topological polar surface area (TPSA) is 161 Å². The smallest absolute Gasteiger partial charge is 0.129 e. The summed E-state index contributed by atoms with van der Waals surface area (Å²) in [6, 6.07) is 17.8. The first-order chi connectivity index (χ1) is 25.1. The normalized spacial score (nSPS) is 20.0. The molecule has 5 N–H and O–H groups in total. The Kier molecular flexibility index (Phi) is 13.2. The first kappa shape index (κ1) is 39.1. The quantitative estimate of drug-likeness (QED) is 0.122. The van der Waals surface area contributed by atoms with Crippen molar-refractivity contribution in [3.63, 3.8) is 0 Å². The van der Waals surface area contributed by atoms with E-state index in [0.717, 1.165) is 48.2 Å². The number of aliphatic hydroxyl groups is 4. The number of aromatic nitrogens is 1. The predicted octanol–water partition coefficient (Wildman–Crippen LogP) is 3.92. The molecular weight excluding hydrogens is 660 g/mol. The van der Waals surface area contributed by atoms with Gasteiger partial charge in [-0.3, -0.25) is 4.98 Å². The van der Waals surface area contributed by atoms with E-state index in [1.807, 2.05) is 43.3 Å². The van der Waals surface area contributed by atoms with E-state index in [1.165, 1.54) is 6.20 Å². The highest BCUT2D eigenvalue weighted by Crippen LogP contribution is 2.49. The molecule has 2 aliphatic rings. The lowest BCUT2D eigenvalue weighted by Gasteiger charge is -2.47. The van der Waals surface area contributed by atoms with E-state index in [-0.39, 0.29) is 25.9 Å². The fourth-order valence-electron chi connectivity index (χ4n) is 6.84. The van der Waals surface area contributed by atoms with Crippen LogP contribution in [0.25, 0.3) is 5.57 Å². The standard InChI is InChI=1S/C41H52N4O7/c1-30-17-35(19-38(36(30)23-44-40(26-46,27-47)28-48)50-25-32-18-31(20-42)21-43-22-32)51-29-41(52-16-8-14-45-15-12-34(49)24-45)13-7-11-37(39(41,2)3)33-9-5-4-6-10-33/h4-7,9-11,13,17-19,21-22,34,44,46-49H,8,12,14-16,23-29H2,1-3H3/t34?,41-/m0/s1. The van der Waals surface area contributed by atoms with E-state index in [2.05, 4.69) is 59.4 Å². The van der Waals surface area contributed by atoms with Crippen LogP contribution >= 0.6 is 0 Å². The summed E-state index contributed by atoms with van der Waals surface area (Å²) in [5.74, 6) is 1.06. The van der Waals surface area contributed by atoms with Crippen molar-refractivity contribution < 1.29 is 34.6 Å². The molecule has 1 saturated heterocycles. The molecule has 11 heteroatoms. The highest BCUT2D eigenvalue weighted by Gasteiger charge is 2.49. The first-order valence-electron chi connectivity index (χ1n) is 17.9. The molecule has 52 heavy (non-hydrogen) atoms. The molecule has 0 saturated carbocycles. The zero-order valence-electron chi connectivity index (χ0n) is 30.4. The minimum Gasteiger partial charge on any atom is -0.490 e. The monoisotopic (exact) mass is 712 g/mol. The summed E-state index contributed by atoms with van der Waals surface area (Å²) in [5.41, 5.74) is 2.35. The second-order valence-electron chi connectivity index (χ2n) is 14.4. The van der Waals surface area contributed by atoms with Crippen LogP contribution in [0.5, 0.6) is 11.5 Å². The second-order valence-corrected chi connectivity index (χ2v) is 14.4. The van der Waals surface area contributed by atoms with Gasteiger partial charge in [-0.15, -0.1) is 0 Å². The van der Waals surface area contributed by atoms with Gasteiger partial charge in [0.05, 0.1) is 37.0 Å². The number of rotatable bonds is 18. The summed E-state index contributed by atoms with van der Waals surface area (Å²) in [5, 5.41) is 52.3. The van der Waals surface area contributed by atoms with Gasteiger partial charge in [-0.1, -0.05) is 56.3 Å². The molecule has 2 atom stereocenters. The molecule has 1 aliphatic carbocycles. The third kappa shape index (κ3) is 9.08. The third-order valence-corrected chi connectivity index (χ3v) is 10.4. The molecule has 5 rings (SSSR count). The number of aryl methyl sites for hydroxylation is 1. The molecule has 0 amide bonds. The number of benzene rings is 2. The number of pyridine rings is 1. The van der Waals surface area contributed by atoms with Crippen molar-refractivity contribution in [2.75, 3.05) is 52.7 Å². The van der Waals surface area contributed by atoms with Crippen molar-refractivity contribution in [3.05, 3.63) is 107 Å². The lowest BCUT2D eigenvalue weighted by Crippen LogP contribution is -2.54. The third-order valence-electron chi connectivity index (χ3n) is 10.4. The number of hydrogen-bond acceptors (Lipinski definition) is 11. The van der Waals surface area contributed by atoms with E-state index >= 15 is 0 Å². The fourth-order valence-corrected chi connectivity index (χ4v) is 6.84. The Labute approximate surface area is 306 Å². The average molecular weight is 713 g/mol. The summed E-state index contributed by atoms with van der Waals surface area (Å²) in [6.45, 7) is 8.34. The summed E-state index contributed by atoms with van der Waals surface area (Å²) in [6.07, 6.45) is 10.7. The van der Waals surface area contributed by atoms with Gasteiger partial charge < -0.3 is 44.9 Å². The summed E-state index contributed by atoms with van der Waals surface area (Å²) < 4.78 is 19.9. The largest absolute Gasteiger partial charge is 0.490 e. The van der Waals surface area contributed by atoms with Crippen molar-refractivity contribution in [1.29, 1.82) is 5.26 Å². The van der Waals surface area contributed by atoms with Crippen LogP contribution in [-0.4, -0.2) is 100 Å². The van der Waals surface area contributed by atoms with Gasteiger partial charge in [0, 0.05) is 67.8 Å². The van der Waals surface area contributed by atoms with Gasteiger partial charge in [-0.05, 0) is 54.7 Å². The van der Waals surface area contributed by atoms with E-state index in [4.69, 9.17) is 14.2 Å². The molecular formula is C41H52N4O7. The molecule has 2 aromatic carbocycles. The van der Waals surface area contributed by atoms with E-state index in [0.29, 0.717) is 35.8 Å². The van der Waals surface area contributed by atoms with Crippen LogP contribution in [0, 0.1) is 23.7 Å². The van der Waals surface area contributed by atoms with Crippen molar-refractivity contribution in [3.8, 4) is 17.6 Å². The average Bonchev–Trinajstić information content (AvgIpc) is 3.58. The molecule has 0 spiro atoms. The minimum absolute atomic E-state index is 0.131. The molecule has 1 fully saturated rings. The van der Waals surface area contributed by atoms with E-state index in [9.17, 15) is 25.7 Å². The Hall–Kier alpha value is -4.12. The van der Waals surface area contributed by atoms with Crippen LogP contribution < -0.4 is 14.8 Å². The van der Waals surface area contributed by atoms with E-state index < -0.39 is 36.4 Å². The Morgan fingerprint density at radius 1 is 1.06 bits per heavy atom. The van der Waals surface area contributed by atoms with Crippen LogP contribution in [-0.2, 0) is 17.9 Å². The van der Waals surface area contributed by atoms with Crippen molar-refractivity contribution >= 4 is 5.57 Å². The second kappa shape index (κ2) is 17.6. The molecule has 1 aliphatic heterocycles. The summed E-state index contributed by atoms with van der Waals surface area (Å²) in [4.78, 5) is 6.42. The van der Waals surface area contributed by atoms with E-state index in [1.54, 1.807) is 12.3 Å². The fraction of sp³-hybridized carbons (Fsp3) is 0.463. The molecule has 278 valence electrons. The minimum atomic E-state index is -1.29. The number of nitriles is 1. The Balaban J connectivity index is 1.42. The van der Waals surface area contributed by atoms with Gasteiger partial charge in [-0.25, -0.2) is 0 Å². The van der Waals surface area contributed by atoms with Crippen molar-refractivity contribution in [1.82, 2.24) is 15.2 Å². The predicted molar refractivity (Wildman–Crippen MR) is 198 cm³/mol. The van der Waals surface area contributed by atoms with Crippen molar-refractivity contribution in [2.45, 2.75) is 64.0 Å². The number of ether oxygens (including phenoxy) is 3. The number of aliphatic hydroxyl groups excluding tert-OH is 4. The van der Waals surface area contributed by atoms with Gasteiger partial charge in [-0.2, -0.15) is 5.26 Å². The molecule has 3 aromatic rings. The van der Waals surface area contributed by atoms with Gasteiger partial charge in [0.1, 0.15) is 36.4 Å². The number of β-amino-alcohol motifs (C(OH)–C–C–N with tert-alkyl or cyclic N) is 1. The zero-order valence-corrected chi connectivity index (χ0v) is 30.4. The maximum atomic E-state index is 9.99. The molecule has 1 aromatic heterocycles. The number of allylic oxidation sites excluding steroid dienone is 2. The number of nitrogens with zero attached hydrogens (tertiary/aromatic N) is 3. The number of hydrogen-bond donors (Lipinski definition) is 5. The van der Waals surface area contributed by atoms with Gasteiger partial charge >= 0.3 is 0 Å². The maximum Gasteiger partial charge on any atom is 0.129 e. The summed E-state index contributed by atoms with van der Waals surface area (Å²) in [7, 11) is 0. The lowest BCUT2D eigenvalue weighted by molar-refractivity contribution is -0.0927. The molecule has 1 unspecified atom stereocenters. The van der Waals surface area contributed by atoms with Crippen LogP contribution in [0.1, 0.15) is 54.5 Å². The molecule has 0 bridgehead atoms. The highest BCUT2D eigenvalue weighted by molar-refractivity contribution is 5.74. The SMILES string of the molecule is Cc1cc(OC[C@@]2(OCCCN3CCC(O)C3)C=CC=C(c3ccccc3)C2(C)C)cc(OCc2cncc(C#N)c2)c1CNC(CO)(CO)CO. The number of nitrogens with one attached hydrogen (secondary N) is 1. The molecule has 2 heterocycles. The zero-order chi connectivity index (χ0) is 37.2. The van der Waals surface area contributed by atoms with Crippen molar-refractivity contribution in [2.24, 2.45) is 5.41 Å². The Morgan fingerprint density at radius 3 is 2.52 bits per heavy atom. The van der Waals surface area contributed by atoms with Crippen LogP contribution in [0.15, 0.2) is 79.2 Å². The first-order valence-corrected chi connectivity index (χ1v) is 17.9. The molecule has 11 nitrogen and oxygen atoms in total. The highest BCUT2D eigenvalue weighted by atomic mass is 16.5. The van der Waals surface area contributed by atoms with Crippen LogP contribution in [0.2, 0.25) is 0 Å². The lowest BCUT2D eigenvalue weighted by atomic mass is 9.65. The number of likely N-dealkylation sites (tertiary alicyclic amines) is 1. The van der Waals surface area contributed by atoms with Gasteiger partial charge in [0.25, 0.3) is 0 Å². The van der Waals surface area contributed by atoms with Gasteiger partial charge in [0.15, 0.2) is 0 Å². The summed E-state index contributed by atoms with van der Waals surface area (Å²) >= 11 is 0. The van der Waals surface area contributed by atoms with Crippen LogP contribution in [0.3, 0.4) is 0 Å². The van der Waals surface area contributed by atoms with Crippen LogP contribution in [0.4, 0.5) is 0 Å². The van der Waals surface area contributed by atoms with Gasteiger partial charge in [0.2, 0.25) is 0 Å². The Bertz CT molecular complexity index is 1730. The maximum absolute atomic E-state index is 9.99.